The first-order valence-electron chi connectivity index (χ1n) is 11.3. The molecule has 0 amide bonds. The molecule has 0 saturated carbocycles. The van der Waals surface area contributed by atoms with Crippen molar-refractivity contribution in [2.75, 3.05) is 20.2 Å². The van der Waals surface area contributed by atoms with Gasteiger partial charge in [0.15, 0.2) is 0 Å². The Kier molecular flexibility index (Phi) is 7.75. The minimum Gasteiger partial charge on any atom is -0.496 e. The number of benzene rings is 1. The van der Waals surface area contributed by atoms with Crippen molar-refractivity contribution in [3.63, 3.8) is 0 Å². The number of allylic oxidation sites excluding steroid dienone is 6. The highest BCUT2D eigenvalue weighted by Gasteiger charge is 2.20. The molecular formula is C28H36N2O. The van der Waals surface area contributed by atoms with E-state index < -0.39 is 0 Å². The maximum atomic E-state index is 5.48. The van der Waals surface area contributed by atoms with Crippen molar-refractivity contribution in [1.29, 1.82) is 0 Å². The van der Waals surface area contributed by atoms with Crippen LogP contribution in [0, 0.1) is 12.8 Å². The van der Waals surface area contributed by atoms with Crippen molar-refractivity contribution < 1.29 is 4.74 Å². The van der Waals surface area contributed by atoms with E-state index in [4.69, 9.17) is 4.74 Å². The smallest absolute Gasteiger partial charge is 0.122 e. The molecule has 0 aliphatic carbocycles. The van der Waals surface area contributed by atoms with Crippen LogP contribution in [0.5, 0.6) is 5.75 Å². The van der Waals surface area contributed by atoms with Gasteiger partial charge in [0.1, 0.15) is 5.75 Å². The summed E-state index contributed by atoms with van der Waals surface area (Å²) in [4.78, 5) is 2.17. The summed E-state index contributed by atoms with van der Waals surface area (Å²) < 4.78 is 5.48. The van der Waals surface area contributed by atoms with Crippen molar-refractivity contribution in [2.24, 2.45) is 5.92 Å². The number of nitrogens with one attached hydrogen (secondary N) is 1. The van der Waals surface area contributed by atoms with Gasteiger partial charge >= 0.3 is 0 Å². The van der Waals surface area contributed by atoms with Crippen LogP contribution in [-0.4, -0.2) is 25.1 Å². The fourth-order valence-electron chi connectivity index (χ4n) is 3.57. The van der Waals surface area contributed by atoms with E-state index in [1.54, 1.807) is 7.11 Å². The highest BCUT2D eigenvalue weighted by Crippen LogP contribution is 2.35. The van der Waals surface area contributed by atoms with Gasteiger partial charge in [-0.15, -0.1) is 0 Å². The zero-order chi connectivity index (χ0) is 22.4. The first kappa shape index (κ1) is 22.9. The molecule has 0 fully saturated rings. The average Bonchev–Trinajstić information content (AvgIpc) is 2.80. The molecule has 0 radical (unpaired) electrons. The monoisotopic (exact) mass is 416 g/mol. The van der Waals surface area contributed by atoms with Crippen molar-refractivity contribution >= 4 is 5.57 Å². The Morgan fingerprint density at radius 3 is 2.58 bits per heavy atom. The van der Waals surface area contributed by atoms with Gasteiger partial charge in [-0.05, 0) is 77.9 Å². The second-order valence-corrected chi connectivity index (χ2v) is 8.62. The molecule has 0 unspecified atom stereocenters. The van der Waals surface area contributed by atoms with Crippen molar-refractivity contribution in [2.45, 2.75) is 40.5 Å². The summed E-state index contributed by atoms with van der Waals surface area (Å²) in [7, 11) is 1.71. The number of methoxy groups -OCH3 is 1. The highest BCUT2D eigenvalue weighted by atomic mass is 16.5. The third-order valence-electron chi connectivity index (χ3n) is 5.91. The molecule has 1 aromatic carbocycles. The quantitative estimate of drug-likeness (QED) is 0.604. The molecule has 3 heterocycles. The predicted molar refractivity (Wildman–Crippen MR) is 133 cm³/mol. The average molecular weight is 417 g/mol. The van der Waals surface area contributed by atoms with Gasteiger partial charge in [0.05, 0.1) is 7.11 Å². The van der Waals surface area contributed by atoms with Gasteiger partial charge in [-0.25, -0.2) is 0 Å². The van der Waals surface area contributed by atoms with Crippen molar-refractivity contribution in [1.82, 2.24) is 10.2 Å². The lowest BCUT2D eigenvalue weighted by atomic mass is 9.94. The van der Waals surface area contributed by atoms with Crippen LogP contribution >= 0.6 is 0 Å². The number of rotatable bonds is 4. The molecule has 3 nitrogen and oxygen atoms in total. The number of fused-ring (bicyclic) bond motifs is 1. The fraction of sp³-hybridized carbons (Fsp3) is 0.357. The zero-order valence-electron chi connectivity index (χ0n) is 19.7. The molecule has 0 atom stereocenters. The number of ether oxygens (including phenoxy) is 1. The van der Waals surface area contributed by atoms with E-state index in [0.29, 0.717) is 0 Å². The maximum Gasteiger partial charge on any atom is 0.122 e. The Morgan fingerprint density at radius 2 is 1.94 bits per heavy atom. The molecule has 1 N–H and O–H groups in total. The summed E-state index contributed by atoms with van der Waals surface area (Å²) in [5.74, 6) is 1.80. The van der Waals surface area contributed by atoms with E-state index in [0.717, 1.165) is 59.3 Å². The molecule has 0 spiro atoms. The Bertz CT molecular complexity index is 973. The third-order valence-corrected chi connectivity index (χ3v) is 5.91. The summed E-state index contributed by atoms with van der Waals surface area (Å²) in [6.07, 6.45) is 15.6. The van der Waals surface area contributed by atoms with Gasteiger partial charge in [-0.3, -0.25) is 0 Å². The molecule has 0 bridgehead atoms. The predicted octanol–water partition coefficient (Wildman–Crippen LogP) is 6.53. The van der Waals surface area contributed by atoms with E-state index in [1.807, 2.05) is 0 Å². The van der Waals surface area contributed by atoms with E-state index in [2.05, 4.69) is 99.3 Å². The fourth-order valence-corrected chi connectivity index (χ4v) is 3.57. The topological polar surface area (TPSA) is 24.5 Å². The van der Waals surface area contributed by atoms with Crippen LogP contribution in [0.1, 0.15) is 44.7 Å². The first-order chi connectivity index (χ1) is 14.9. The van der Waals surface area contributed by atoms with E-state index in [-0.39, 0.29) is 0 Å². The summed E-state index contributed by atoms with van der Waals surface area (Å²) in [5, 5.41) is 3.37. The van der Waals surface area contributed by atoms with Crippen LogP contribution in [0.3, 0.4) is 0 Å². The van der Waals surface area contributed by atoms with Gasteiger partial charge in [-0.2, -0.15) is 0 Å². The Hall–Kier alpha value is -2.78. The minimum atomic E-state index is 0.884. The molecule has 164 valence electrons. The number of hydrogen-bond acceptors (Lipinski definition) is 3. The van der Waals surface area contributed by atoms with Gasteiger partial charge in [-0.1, -0.05) is 58.1 Å². The van der Waals surface area contributed by atoms with Crippen molar-refractivity contribution in [3.05, 3.63) is 95.0 Å². The van der Waals surface area contributed by atoms with Crippen LogP contribution in [0.25, 0.3) is 5.57 Å². The summed E-state index contributed by atoms with van der Waals surface area (Å²) >= 11 is 0. The molecule has 4 rings (SSSR count). The largest absolute Gasteiger partial charge is 0.496 e. The molecule has 0 aromatic heterocycles. The van der Waals surface area contributed by atoms with Gasteiger partial charge in [0, 0.05) is 24.1 Å². The Balaban J connectivity index is 0.000000491. The van der Waals surface area contributed by atoms with Crippen LogP contribution in [0.4, 0.5) is 0 Å². The second-order valence-electron chi connectivity index (χ2n) is 8.62. The maximum absolute atomic E-state index is 5.48. The molecule has 1 aromatic rings. The van der Waals surface area contributed by atoms with E-state index >= 15 is 0 Å². The van der Waals surface area contributed by atoms with Gasteiger partial charge < -0.3 is 15.0 Å². The number of aryl methyl sites for hydroxylation is 1. The normalized spacial score (nSPS) is 17.7. The summed E-state index contributed by atoms with van der Waals surface area (Å²) in [6.45, 7) is 15.0. The minimum absolute atomic E-state index is 0.884. The molecular weight excluding hydrogens is 380 g/mol. The molecule has 3 aliphatic rings. The van der Waals surface area contributed by atoms with Gasteiger partial charge in [0.2, 0.25) is 0 Å². The standard InChI is InChI=1S/C23H24N2O.C5H12/c1-16-4-5-19(14-23(16)26-3)21-12-17(2)25-15-20(6-7-22(25)13-21)18-8-10-24-11-9-18;1-4-5(2)3/h4-8,12-15,24H,2,9-11H2,1,3H3;5H,4H2,1-3H3. The second kappa shape index (κ2) is 10.5. The first-order valence-corrected chi connectivity index (χ1v) is 11.3. The van der Waals surface area contributed by atoms with Crippen LogP contribution in [-0.2, 0) is 0 Å². The summed E-state index contributed by atoms with van der Waals surface area (Å²) in [5.41, 5.74) is 8.25. The van der Waals surface area contributed by atoms with E-state index in [1.165, 1.54) is 17.6 Å². The molecule has 3 heteroatoms. The van der Waals surface area contributed by atoms with E-state index in [9.17, 15) is 0 Å². The summed E-state index contributed by atoms with van der Waals surface area (Å²) in [6, 6.07) is 6.33. The van der Waals surface area contributed by atoms with Crippen LogP contribution < -0.4 is 10.1 Å². The molecule has 31 heavy (non-hydrogen) atoms. The zero-order valence-corrected chi connectivity index (χ0v) is 19.7. The van der Waals surface area contributed by atoms with Crippen LogP contribution in [0.2, 0.25) is 0 Å². The Morgan fingerprint density at radius 1 is 1.16 bits per heavy atom. The molecule has 0 saturated heterocycles. The lowest BCUT2D eigenvalue weighted by Gasteiger charge is -2.31. The lowest BCUT2D eigenvalue weighted by Crippen LogP contribution is -2.23. The van der Waals surface area contributed by atoms with Gasteiger partial charge in [0.25, 0.3) is 0 Å². The Labute approximate surface area is 188 Å². The lowest BCUT2D eigenvalue weighted by molar-refractivity contribution is 0.411. The van der Waals surface area contributed by atoms with Crippen LogP contribution in [0.15, 0.2) is 83.9 Å². The van der Waals surface area contributed by atoms with Crippen molar-refractivity contribution in [3.8, 4) is 5.75 Å². The SMILES string of the molecule is C=C1C=C(c2ccc(C)c(OC)c2)C=C2C=CC(C3=CCNCC3)=CN12.CCC(C)C. The third kappa shape index (κ3) is 5.68. The number of nitrogens with zero attached hydrogens (tertiary/aromatic N) is 1. The molecule has 3 aliphatic heterocycles. The number of hydrogen-bond donors (Lipinski definition) is 1. The highest BCUT2D eigenvalue weighted by molar-refractivity contribution is 5.80.